The molecule has 0 unspecified atom stereocenters. The number of benzene rings is 2. The maximum atomic E-state index is 11.1. The van der Waals surface area contributed by atoms with E-state index in [4.69, 9.17) is 28.4 Å². The van der Waals surface area contributed by atoms with Crippen LogP contribution in [0.1, 0.15) is 22.6 Å². The van der Waals surface area contributed by atoms with Crippen molar-refractivity contribution >= 4 is 0 Å². The minimum absolute atomic E-state index is 0.104. The van der Waals surface area contributed by atoms with Gasteiger partial charge >= 0.3 is 0 Å². The first kappa shape index (κ1) is 36.4. The van der Waals surface area contributed by atoms with Gasteiger partial charge in [-0.25, -0.2) is 0 Å². The van der Waals surface area contributed by atoms with E-state index in [0.717, 1.165) is 5.56 Å². The zero-order valence-corrected chi connectivity index (χ0v) is 26.3. The Morgan fingerprint density at radius 2 is 1.33 bits per heavy atom. The largest absolute Gasteiger partial charge is 0.504 e. The van der Waals surface area contributed by atoms with Gasteiger partial charge in [0.25, 0.3) is 0 Å². The van der Waals surface area contributed by atoms with Crippen molar-refractivity contribution in [1.29, 1.82) is 0 Å². The highest BCUT2D eigenvalue weighted by molar-refractivity contribution is 5.53. The number of aliphatic hydroxyl groups is 8. The van der Waals surface area contributed by atoms with Crippen LogP contribution in [0.5, 0.6) is 23.0 Å². The highest BCUT2D eigenvalue weighted by atomic mass is 16.8. The van der Waals surface area contributed by atoms with Gasteiger partial charge in [0.1, 0.15) is 48.8 Å². The third kappa shape index (κ3) is 6.94. The van der Waals surface area contributed by atoms with E-state index in [1.54, 1.807) is 24.3 Å². The first-order chi connectivity index (χ1) is 23.0. The molecule has 10 N–H and O–H groups in total. The van der Waals surface area contributed by atoms with Gasteiger partial charge in [0.05, 0.1) is 34.0 Å². The van der Waals surface area contributed by atoms with Gasteiger partial charge in [-0.15, -0.1) is 0 Å². The quantitative estimate of drug-likeness (QED) is 0.119. The Labute approximate surface area is 275 Å². The van der Waals surface area contributed by atoms with Gasteiger partial charge in [-0.2, -0.15) is 0 Å². The van der Waals surface area contributed by atoms with Crippen LogP contribution in [0.15, 0.2) is 30.3 Å². The van der Waals surface area contributed by atoms with Gasteiger partial charge in [0, 0.05) is 12.5 Å². The summed E-state index contributed by atoms with van der Waals surface area (Å²) in [5.74, 6) is -1.38. The van der Waals surface area contributed by atoms with Crippen molar-refractivity contribution in [1.82, 2.24) is 0 Å². The van der Waals surface area contributed by atoms with Crippen LogP contribution in [0.2, 0.25) is 0 Å². The number of methoxy groups -OCH3 is 2. The summed E-state index contributed by atoms with van der Waals surface area (Å²) < 4.78 is 33.9. The van der Waals surface area contributed by atoms with E-state index in [9.17, 15) is 51.1 Å². The lowest BCUT2D eigenvalue weighted by molar-refractivity contribution is -0.368. The number of fused-ring (bicyclic) bond motifs is 1. The summed E-state index contributed by atoms with van der Waals surface area (Å²) in [4.78, 5) is 0. The minimum atomic E-state index is -1.84. The SMILES string of the molecule is COc1cc([C@H]2c3cc(O)c(OC)cc3C[C@@H](CO)[C@@H]2CO[C@@H]2O[C@H](CO)[C@@H](O)[C@H](O)[C@H]2O[C@@H]2O[C@H](CO)[C@@H](O)[C@H](O)[C@H]2O)ccc1O. The molecule has 0 radical (unpaired) electrons. The molecule has 5 rings (SSSR count). The van der Waals surface area contributed by atoms with E-state index in [1.807, 2.05) is 0 Å². The molecule has 0 bridgehead atoms. The smallest absolute Gasteiger partial charge is 0.187 e. The molecule has 0 saturated carbocycles. The van der Waals surface area contributed by atoms with Crippen molar-refractivity contribution in [3.8, 4) is 23.0 Å². The molecule has 13 atom stereocenters. The van der Waals surface area contributed by atoms with Crippen LogP contribution >= 0.6 is 0 Å². The minimum Gasteiger partial charge on any atom is -0.504 e. The molecule has 2 heterocycles. The summed E-state index contributed by atoms with van der Waals surface area (Å²) in [6.45, 7) is -1.93. The third-order valence-electron chi connectivity index (χ3n) is 9.51. The Morgan fingerprint density at radius 3 is 1.96 bits per heavy atom. The van der Waals surface area contributed by atoms with Crippen molar-refractivity contribution in [3.63, 3.8) is 0 Å². The number of hydrogen-bond acceptors (Lipinski definition) is 16. The van der Waals surface area contributed by atoms with Crippen LogP contribution in [0.25, 0.3) is 0 Å². The number of phenols is 2. The maximum absolute atomic E-state index is 11.1. The van der Waals surface area contributed by atoms with Crippen molar-refractivity contribution in [2.24, 2.45) is 11.8 Å². The predicted octanol–water partition coefficient (Wildman–Crippen LogP) is -2.33. The molecule has 16 heteroatoms. The van der Waals surface area contributed by atoms with Gasteiger partial charge in [-0.1, -0.05) is 6.07 Å². The van der Waals surface area contributed by atoms with Crippen molar-refractivity contribution in [3.05, 3.63) is 47.0 Å². The molecular formula is C32H44O16. The van der Waals surface area contributed by atoms with Crippen molar-refractivity contribution < 1.29 is 79.5 Å². The second kappa shape index (κ2) is 15.4. The fourth-order valence-corrected chi connectivity index (χ4v) is 6.82. The number of phenolic OH excluding ortho intramolecular Hbond substituents is 2. The number of aromatic hydroxyl groups is 2. The van der Waals surface area contributed by atoms with Crippen LogP contribution in [0.3, 0.4) is 0 Å². The van der Waals surface area contributed by atoms with Crippen LogP contribution in [-0.4, -0.2) is 153 Å². The summed E-state index contributed by atoms with van der Waals surface area (Å²) >= 11 is 0. The molecule has 0 aromatic heterocycles. The van der Waals surface area contributed by atoms with Crippen molar-refractivity contribution in [2.45, 2.75) is 73.8 Å². The van der Waals surface area contributed by atoms with Gasteiger partial charge < -0.3 is 79.5 Å². The van der Waals surface area contributed by atoms with E-state index >= 15 is 0 Å². The topological polar surface area (TPSA) is 258 Å². The molecule has 2 aromatic rings. The third-order valence-corrected chi connectivity index (χ3v) is 9.51. The van der Waals surface area contributed by atoms with E-state index in [2.05, 4.69) is 0 Å². The summed E-state index contributed by atoms with van der Waals surface area (Å²) in [5, 5.41) is 104. The maximum Gasteiger partial charge on any atom is 0.187 e. The fourth-order valence-electron chi connectivity index (χ4n) is 6.82. The molecule has 48 heavy (non-hydrogen) atoms. The first-order valence-corrected chi connectivity index (χ1v) is 15.5. The Kier molecular flexibility index (Phi) is 11.7. The van der Waals surface area contributed by atoms with Gasteiger partial charge in [0.15, 0.2) is 35.6 Å². The van der Waals surface area contributed by atoms with Gasteiger partial charge in [-0.05, 0) is 59.2 Å². The standard InChI is InChI=1S/C32H44O16/c1-43-20-6-13(3-4-18(20)36)24-16-8-19(37)21(44-2)7-14(16)5-15(9-33)17(24)12-45-32-30(28(41)26(39)23(11-35)47-32)48-31-29(42)27(40)25(38)22(10-34)46-31/h3-4,6-8,15,17,22-42H,5,9-12H2,1-2H3/t15-,17-,22+,23+,24-,25+,26+,27-,28-,29+,30+,31-,32+/m0/s1. The average molecular weight is 685 g/mol. The molecule has 2 fully saturated rings. The molecular weight excluding hydrogens is 640 g/mol. The van der Waals surface area contributed by atoms with E-state index in [0.29, 0.717) is 17.5 Å². The predicted molar refractivity (Wildman–Crippen MR) is 161 cm³/mol. The molecule has 16 nitrogen and oxygen atoms in total. The highest BCUT2D eigenvalue weighted by Crippen LogP contribution is 2.48. The molecule has 3 aliphatic rings. The second-order valence-corrected chi connectivity index (χ2v) is 12.3. The Morgan fingerprint density at radius 1 is 0.708 bits per heavy atom. The number of hydrogen-bond donors (Lipinski definition) is 10. The molecule has 2 saturated heterocycles. The molecule has 268 valence electrons. The summed E-state index contributed by atoms with van der Waals surface area (Å²) in [5.41, 5.74) is 2.11. The van der Waals surface area contributed by atoms with Crippen LogP contribution < -0.4 is 9.47 Å². The lowest BCUT2D eigenvalue weighted by Crippen LogP contribution is -2.64. The van der Waals surface area contributed by atoms with Gasteiger partial charge in [0.2, 0.25) is 0 Å². The highest BCUT2D eigenvalue weighted by Gasteiger charge is 2.51. The Bertz CT molecular complexity index is 1370. The monoisotopic (exact) mass is 684 g/mol. The molecule has 0 amide bonds. The second-order valence-electron chi connectivity index (χ2n) is 12.3. The first-order valence-electron chi connectivity index (χ1n) is 15.5. The number of rotatable bonds is 11. The van der Waals surface area contributed by atoms with E-state index < -0.39 is 92.4 Å². The fraction of sp³-hybridized carbons (Fsp3) is 0.625. The summed E-state index contributed by atoms with van der Waals surface area (Å²) in [7, 11) is 2.82. The number of aliphatic hydroxyl groups excluding tert-OH is 8. The summed E-state index contributed by atoms with van der Waals surface area (Å²) in [6.07, 6.45) is -15.9. The zero-order chi connectivity index (χ0) is 34.9. The molecule has 1 aliphatic carbocycles. The molecule has 2 aliphatic heterocycles. The van der Waals surface area contributed by atoms with Gasteiger partial charge in [-0.3, -0.25) is 0 Å². The average Bonchev–Trinajstić information content (AvgIpc) is 3.09. The normalized spacial score (nSPS) is 36.8. The molecule has 0 spiro atoms. The lowest BCUT2D eigenvalue weighted by atomic mass is 9.67. The lowest BCUT2D eigenvalue weighted by Gasteiger charge is -2.46. The van der Waals surface area contributed by atoms with Crippen LogP contribution in [0, 0.1) is 11.8 Å². The Hall–Kier alpha value is -2.84. The van der Waals surface area contributed by atoms with Crippen LogP contribution in [0.4, 0.5) is 0 Å². The molecule has 2 aromatic carbocycles. The number of ether oxygens (including phenoxy) is 6. The van der Waals surface area contributed by atoms with E-state index in [1.165, 1.54) is 20.3 Å². The van der Waals surface area contributed by atoms with E-state index in [-0.39, 0.29) is 36.2 Å². The van der Waals surface area contributed by atoms with Crippen LogP contribution in [-0.2, 0) is 25.4 Å². The zero-order valence-electron chi connectivity index (χ0n) is 26.3. The summed E-state index contributed by atoms with van der Waals surface area (Å²) in [6, 6.07) is 8.00. The Balaban J connectivity index is 1.49. The van der Waals surface area contributed by atoms with Crippen molar-refractivity contribution in [2.75, 3.05) is 40.6 Å².